The zero-order chi connectivity index (χ0) is 20.5. The number of nitrogens with one attached hydrogen (secondary N) is 2. The average molecular weight is 411 g/mol. The number of nitrogens with zero attached hydrogens (tertiary/aromatic N) is 2. The van der Waals surface area contributed by atoms with Crippen LogP contribution in [0.25, 0.3) is 0 Å². The van der Waals surface area contributed by atoms with Gasteiger partial charge in [0.05, 0.1) is 23.0 Å². The number of carbonyl (C=O) groups excluding carboxylic acids is 2. The molecule has 0 unspecified atom stereocenters. The Balaban J connectivity index is 1.62. The maximum Gasteiger partial charge on any atom is 0.271 e. The first-order valence-electron chi connectivity index (χ1n) is 8.44. The van der Waals surface area contributed by atoms with Crippen molar-refractivity contribution < 1.29 is 23.8 Å². The number of hydrogen-bond donors (Lipinski definition) is 3. The average Bonchev–Trinajstić information content (AvgIpc) is 2.67. The Bertz CT molecular complexity index is 820. The Kier molecular flexibility index (Phi) is 8.09. The maximum atomic E-state index is 13.3. The third-order valence-corrected chi connectivity index (χ3v) is 3.88. The van der Waals surface area contributed by atoms with Crippen LogP contribution < -0.4 is 15.4 Å². The van der Waals surface area contributed by atoms with Crippen molar-refractivity contribution in [3.63, 3.8) is 0 Å². The van der Waals surface area contributed by atoms with Gasteiger partial charge in [-0.05, 0) is 25.5 Å². The lowest BCUT2D eigenvalue weighted by Crippen LogP contribution is -2.36. The molecule has 0 radical (unpaired) electrons. The molecule has 28 heavy (non-hydrogen) atoms. The summed E-state index contributed by atoms with van der Waals surface area (Å²) < 4.78 is 18.4. The summed E-state index contributed by atoms with van der Waals surface area (Å²) in [5, 5.41) is 14.9. The van der Waals surface area contributed by atoms with Crippen molar-refractivity contribution in [1.82, 2.24) is 20.6 Å². The highest BCUT2D eigenvalue weighted by Gasteiger charge is 2.11. The van der Waals surface area contributed by atoms with Crippen molar-refractivity contribution in [3.8, 4) is 5.75 Å². The molecule has 0 aliphatic heterocycles. The fraction of sp³-hybridized carbons (Fsp3) is 0.333. The standard InChI is InChI=1S/C18H20ClFN4O4/c1-11-7-23-16(9-22-11)18(27)24-8-12(25)4-5-21-17(26)10-28-13-2-3-14(19)15(20)6-13/h2-3,6-7,9,12,25H,4-5,8,10H2,1H3,(H,21,26)(H,24,27)/t12-/m0/s1. The van der Waals surface area contributed by atoms with E-state index in [1.807, 2.05) is 0 Å². The molecule has 0 aliphatic carbocycles. The van der Waals surface area contributed by atoms with Gasteiger partial charge in [0, 0.05) is 25.4 Å². The number of aliphatic hydroxyl groups excluding tert-OH is 1. The zero-order valence-corrected chi connectivity index (χ0v) is 15.9. The molecule has 0 saturated heterocycles. The molecule has 3 N–H and O–H groups in total. The molecular weight excluding hydrogens is 391 g/mol. The van der Waals surface area contributed by atoms with E-state index < -0.39 is 23.7 Å². The van der Waals surface area contributed by atoms with E-state index in [-0.39, 0.29) is 42.6 Å². The molecule has 8 nitrogen and oxygen atoms in total. The molecule has 1 aromatic carbocycles. The second kappa shape index (κ2) is 10.5. The number of amides is 2. The van der Waals surface area contributed by atoms with E-state index >= 15 is 0 Å². The van der Waals surface area contributed by atoms with Gasteiger partial charge in [0.2, 0.25) is 0 Å². The van der Waals surface area contributed by atoms with Gasteiger partial charge in [0.1, 0.15) is 17.3 Å². The van der Waals surface area contributed by atoms with Crippen LogP contribution in [0, 0.1) is 12.7 Å². The van der Waals surface area contributed by atoms with Crippen LogP contribution in [0.3, 0.4) is 0 Å². The number of aromatic nitrogens is 2. The van der Waals surface area contributed by atoms with Gasteiger partial charge in [0.15, 0.2) is 6.61 Å². The third kappa shape index (κ3) is 7.09. The number of hydrogen-bond acceptors (Lipinski definition) is 6. The van der Waals surface area contributed by atoms with Gasteiger partial charge in [-0.25, -0.2) is 9.37 Å². The minimum atomic E-state index is -0.853. The second-order valence-corrected chi connectivity index (χ2v) is 6.32. The third-order valence-electron chi connectivity index (χ3n) is 3.57. The van der Waals surface area contributed by atoms with Crippen LogP contribution in [0.1, 0.15) is 22.6 Å². The highest BCUT2D eigenvalue weighted by Crippen LogP contribution is 2.20. The largest absolute Gasteiger partial charge is 0.484 e. The monoisotopic (exact) mass is 410 g/mol. The Hall–Kier alpha value is -2.78. The summed E-state index contributed by atoms with van der Waals surface area (Å²) in [4.78, 5) is 31.5. The van der Waals surface area contributed by atoms with E-state index in [9.17, 15) is 19.1 Å². The van der Waals surface area contributed by atoms with E-state index in [0.717, 1.165) is 6.07 Å². The number of aliphatic hydroxyl groups is 1. The molecule has 0 spiro atoms. The molecular formula is C18H20ClFN4O4. The lowest BCUT2D eigenvalue weighted by Gasteiger charge is -2.12. The SMILES string of the molecule is Cc1cnc(C(=O)NC[C@@H](O)CCNC(=O)COc2ccc(Cl)c(F)c2)cn1. The van der Waals surface area contributed by atoms with Gasteiger partial charge in [-0.15, -0.1) is 0 Å². The summed E-state index contributed by atoms with van der Waals surface area (Å²) in [6, 6.07) is 3.86. The van der Waals surface area contributed by atoms with Crippen molar-refractivity contribution >= 4 is 23.4 Å². The fourth-order valence-corrected chi connectivity index (χ4v) is 2.18. The minimum Gasteiger partial charge on any atom is -0.484 e. The molecule has 0 aliphatic rings. The van der Waals surface area contributed by atoms with Crippen LogP contribution in [0.2, 0.25) is 5.02 Å². The van der Waals surface area contributed by atoms with Crippen LogP contribution in [-0.4, -0.2) is 52.7 Å². The molecule has 1 atom stereocenters. The molecule has 10 heteroatoms. The highest BCUT2D eigenvalue weighted by atomic mass is 35.5. The van der Waals surface area contributed by atoms with Crippen molar-refractivity contribution in [3.05, 3.63) is 52.8 Å². The number of carbonyl (C=O) groups is 2. The Morgan fingerprint density at radius 2 is 2.07 bits per heavy atom. The Labute approximate surface area is 166 Å². The van der Waals surface area contributed by atoms with E-state index in [1.165, 1.54) is 24.5 Å². The van der Waals surface area contributed by atoms with Gasteiger partial charge < -0.3 is 20.5 Å². The number of rotatable bonds is 9. The number of halogens is 2. The van der Waals surface area contributed by atoms with Gasteiger partial charge >= 0.3 is 0 Å². The topological polar surface area (TPSA) is 113 Å². The molecule has 0 saturated carbocycles. The molecule has 2 aromatic rings. The van der Waals surface area contributed by atoms with Gasteiger partial charge in [-0.3, -0.25) is 14.6 Å². The summed E-state index contributed by atoms with van der Waals surface area (Å²) in [5.41, 5.74) is 0.847. The lowest BCUT2D eigenvalue weighted by atomic mass is 10.2. The predicted molar refractivity (Wildman–Crippen MR) is 99.6 cm³/mol. The number of ether oxygens (including phenoxy) is 1. The van der Waals surface area contributed by atoms with Crippen molar-refractivity contribution in [2.24, 2.45) is 0 Å². The van der Waals surface area contributed by atoms with Crippen LogP contribution >= 0.6 is 11.6 Å². The van der Waals surface area contributed by atoms with Gasteiger partial charge in [-0.1, -0.05) is 11.6 Å². The number of benzene rings is 1. The zero-order valence-electron chi connectivity index (χ0n) is 15.1. The van der Waals surface area contributed by atoms with E-state index in [0.29, 0.717) is 5.69 Å². The first kappa shape index (κ1) is 21.5. The van der Waals surface area contributed by atoms with E-state index in [1.54, 1.807) is 6.92 Å². The van der Waals surface area contributed by atoms with Gasteiger partial charge in [0.25, 0.3) is 11.8 Å². The maximum absolute atomic E-state index is 13.3. The summed E-state index contributed by atoms with van der Waals surface area (Å²) in [6.45, 7) is 1.63. The summed E-state index contributed by atoms with van der Waals surface area (Å²) in [5.74, 6) is -1.33. The summed E-state index contributed by atoms with van der Waals surface area (Å²) in [6.07, 6.45) is 2.20. The first-order chi connectivity index (χ1) is 13.3. The van der Waals surface area contributed by atoms with Crippen LogP contribution in [-0.2, 0) is 4.79 Å². The highest BCUT2D eigenvalue weighted by molar-refractivity contribution is 6.30. The van der Waals surface area contributed by atoms with Crippen molar-refractivity contribution in [2.45, 2.75) is 19.4 Å². The van der Waals surface area contributed by atoms with Crippen LogP contribution in [0.5, 0.6) is 5.75 Å². The molecule has 150 valence electrons. The van der Waals surface area contributed by atoms with Crippen molar-refractivity contribution in [2.75, 3.05) is 19.7 Å². The second-order valence-electron chi connectivity index (χ2n) is 5.91. The first-order valence-corrected chi connectivity index (χ1v) is 8.82. The lowest BCUT2D eigenvalue weighted by molar-refractivity contribution is -0.123. The minimum absolute atomic E-state index is 0.00477. The van der Waals surface area contributed by atoms with E-state index in [2.05, 4.69) is 20.6 Å². The van der Waals surface area contributed by atoms with E-state index in [4.69, 9.17) is 16.3 Å². The Morgan fingerprint density at radius 3 is 2.75 bits per heavy atom. The number of aryl methyl sites for hydroxylation is 1. The quantitative estimate of drug-likeness (QED) is 0.573. The molecule has 0 fully saturated rings. The van der Waals surface area contributed by atoms with Gasteiger partial charge in [-0.2, -0.15) is 0 Å². The molecule has 0 bridgehead atoms. The Morgan fingerprint density at radius 1 is 1.29 bits per heavy atom. The smallest absolute Gasteiger partial charge is 0.271 e. The molecule has 2 amide bonds. The fourth-order valence-electron chi connectivity index (χ4n) is 2.06. The van der Waals surface area contributed by atoms with Crippen LogP contribution in [0.4, 0.5) is 4.39 Å². The molecule has 1 aromatic heterocycles. The molecule has 1 heterocycles. The van der Waals surface area contributed by atoms with Crippen molar-refractivity contribution in [1.29, 1.82) is 0 Å². The normalized spacial score (nSPS) is 11.6. The predicted octanol–water partition coefficient (Wildman–Crippen LogP) is 1.25. The summed E-state index contributed by atoms with van der Waals surface area (Å²) in [7, 11) is 0. The molecule has 2 rings (SSSR count). The van der Waals surface area contributed by atoms with Crippen LogP contribution in [0.15, 0.2) is 30.6 Å². The summed E-state index contributed by atoms with van der Waals surface area (Å²) >= 11 is 5.56.